The molecule has 7 aromatic rings. The highest BCUT2D eigenvalue weighted by molar-refractivity contribution is 5.91. The molecular weight excluding hydrogens is 661 g/mol. The molecule has 0 saturated heterocycles. The van der Waals surface area contributed by atoms with Crippen molar-refractivity contribution in [1.29, 1.82) is 0 Å². The molecule has 0 aliphatic carbocycles. The van der Waals surface area contributed by atoms with E-state index in [0.29, 0.717) is 16.7 Å². The van der Waals surface area contributed by atoms with Gasteiger partial charge in [0, 0.05) is 16.7 Å². The lowest BCUT2D eigenvalue weighted by molar-refractivity contribution is 0.111. The maximum Gasteiger partial charge on any atom is 0.150 e. The van der Waals surface area contributed by atoms with Crippen molar-refractivity contribution in [2.24, 2.45) is 0 Å². The maximum atomic E-state index is 11.2. The number of carbonyl (C=O) groups is 3. The largest absolute Gasteiger partial charge is 0.298 e. The molecule has 7 rings (SSSR count). The van der Waals surface area contributed by atoms with Crippen LogP contribution in [0.2, 0.25) is 0 Å². The van der Waals surface area contributed by atoms with Gasteiger partial charge in [0.25, 0.3) is 0 Å². The zero-order chi connectivity index (χ0) is 37.1. The summed E-state index contributed by atoms with van der Waals surface area (Å²) in [4.78, 5) is 33.6. The fourth-order valence-electron chi connectivity index (χ4n) is 6.42. The van der Waals surface area contributed by atoms with Crippen LogP contribution in [0, 0.1) is 0 Å². The highest BCUT2D eigenvalue weighted by Crippen LogP contribution is 2.37. The van der Waals surface area contributed by atoms with Gasteiger partial charge in [0.1, 0.15) is 18.9 Å². The van der Waals surface area contributed by atoms with Gasteiger partial charge < -0.3 is 0 Å². The first-order valence-electron chi connectivity index (χ1n) is 17.7. The fraction of sp³-hybridized carbons (Fsp3) is 0. The number of rotatable bonds is 12. The number of benzene rings is 7. The lowest BCUT2D eigenvalue weighted by Crippen LogP contribution is -1.91. The minimum absolute atomic E-state index is 0.647. The van der Waals surface area contributed by atoms with E-state index in [1.54, 1.807) is 0 Å². The van der Waals surface area contributed by atoms with Crippen LogP contribution in [-0.2, 0) is 0 Å². The SMILES string of the molecule is O=Cc1ccc(C=Cc2ccccc2-c2cc(-c3ccccc3C=Cc3ccc(C=O)cc3)cc(-c3ccccc3C=Cc3ccc(C=O)cc3)c2)cc1. The Morgan fingerprint density at radius 1 is 0.259 bits per heavy atom. The molecule has 0 saturated carbocycles. The summed E-state index contributed by atoms with van der Waals surface area (Å²) in [5.41, 5.74) is 14.7. The summed E-state index contributed by atoms with van der Waals surface area (Å²) >= 11 is 0. The van der Waals surface area contributed by atoms with E-state index in [9.17, 15) is 14.4 Å². The third kappa shape index (κ3) is 8.45. The van der Waals surface area contributed by atoms with Gasteiger partial charge in [0.05, 0.1) is 0 Å². The summed E-state index contributed by atoms with van der Waals surface area (Å²) in [6, 6.07) is 54.6. The van der Waals surface area contributed by atoms with Crippen molar-refractivity contribution in [2.45, 2.75) is 0 Å². The molecule has 3 nitrogen and oxygen atoms in total. The summed E-state index contributed by atoms with van der Waals surface area (Å²) < 4.78 is 0. The van der Waals surface area contributed by atoms with Gasteiger partial charge in [0.15, 0.2) is 0 Å². The van der Waals surface area contributed by atoms with Crippen molar-refractivity contribution in [1.82, 2.24) is 0 Å². The molecule has 54 heavy (non-hydrogen) atoms. The van der Waals surface area contributed by atoms with Gasteiger partial charge in [-0.1, -0.05) is 182 Å². The Kier molecular flexibility index (Phi) is 11.0. The minimum Gasteiger partial charge on any atom is -0.298 e. The van der Waals surface area contributed by atoms with Gasteiger partial charge in [-0.25, -0.2) is 0 Å². The van der Waals surface area contributed by atoms with E-state index in [1.165, 1.54) is 0 Å². The molecule has 0 bridgehead atoms. The Hall–Kier alpha value is -7.23. The number of hydrogen-bond acceptors (Lipinski definition) is 3. The molecule has 7 aromatic carbocycles. The van der Waals surface area contributed by atoms with Gasteiger partial charge >= 0.3 is 0 Å². The van der Waals surface area contributed by atoms with Gasteiger partial charge in [-0.3, -0.25) is 14.4 Å². The van der Waals surface area contributed by atoms with Crippen LogP contribution in [0.5, 0.6) is 0 Å². The van der Waals surface area contributed by atoms with Gasteiger partial charge in [-0.15, -0.1) is 0 Å². The Bertz CT molecular complexity index is 2220. The van der Waals surface area contributed by atoms with Crippen molar-refractivity contribution in [3.63, 3.8) is 0 Å². The van der Waals surface area contributed by atoms with E-state index in [-0.39, 0.29) is 0 Å². The van der Waals surface area contributed by atoms with Gasteiger partial charge in [-0.2, -0.15) is 0 Å². The van der Waals surface area contributed by atoms with E-state index >= 15 is 0 Å². The topological polar surface area (TPSA) is 51.2 Å². The maximum absolute atomic E-state index is 11.2. The van der Waals surface area contributed by atoms with Crippen molar-refractivity contribution >= 4 is 55.3 Å². The second-order valence-corrected chi connectivity index (χ2v) is 12.9. The fourth-order valence-corrected chi connectivity index (χ4v) is 6.42. The summed E-state index contributed by atoms with van der Waals surface area (Å²) in [7, 11) is 0. The molecule has 0 fully saturated rings. The molecule has 0 N–H and O–H groups in total. The number of carbonyl (C=O) groups excluding carboxylic acids is 3. The van der Waals surface area contributed by atoms with Crippen LogP contribution in [0.25, 0.3) is 69.8 Å². The lowest BCUT2D eigenvalue weighted by atomic mass is 9.88. The normalized spacial score (nSPS) is 11.3. The highest BCUT2D eigenvalue weighted by Gasteiger charge is 2.13. The smallest absolute Gasteiger partial charge is 0.150 e. The minimum atomic E-state index is 0.647. The van der Waals surface area contributed by atoms with E-state index in [4.69, 9.17) is 0 Å². The van der Waals surface area contributed by atoms with Crippen molar-refractivity contribution < 1.29 is 14.4 Å². The Labute approximate surface area is 315 Å². The molecule has 0 amide bonds. The van der Waals surface area contributed by atoms with E-state index in [1.807, 2.05) is 91.0 Å². The zero-order valence-electron chi connectivity index (χ0n) is 29.5. The quantitative estimate of drug-likeness (QED) is 0.0944. The van der Waals surface area contributed by atoms with Crippen LogP contribution in [0.1, 0.15) is 64.5 Å². The van der Waals surface area contributed by atoms with Gasteiger partial charge in [-0.05, 0) is 85.0 Å². The highest BCUT2D eigenvalue weighted by atomic mass is 16.1. The molecule has 0 heterocycles. The second-order valence-electron chi connectivity index (χ2n) is 12.9. The summed E-state index contributed by atoms with van der Waals surface area (Å²) in [5.74, 6) is 0. The molecule has 0 aliphatic rings. The van der Waals surface area contributed by atoms with Crippen LogP contribution in [0.15, 0.2) is 164 Å². The molecule has 0 aliphatic heterocycles. The third-order valence-electron chi connectivity index (χ3n) is 9.33. The first-order chi connectivity index (χ1) is 26.6. The Morgan fingerprint density at radius 2 is 0.500 bits per heavy atom. The standard InChI is InChI=1S/C51H36O3/c52-34-40-19-13-37(14-20-40)25-28-43-7-1-4-10-49(43)46-31-47(50-11-5-2-8-44(50)29-26-38-15-21-41(35-53)22-16-38)33-48(32-46)51-12-6-3-9-45(51)30-27-39-17-23-42(36-54)24-18-39/h1-36H. The zero-order valence-corrected chi connectivity index (χ0v) is 29.5. The molecule has 258 valence electrons. The van der Waals surface area contributed by atoms with Crippen LogP contribution in [-0.4, -0.2) is 18.9 Å². The molecule has 0 aromatic heterocycles. The number of aldehydes is 3. The van der Waals surface area contributed by atoms with Crippen LogP contribution in [0.3, 0.4) is 0 Å². The lowest BCUT2D eigenvalue weighted by Gasteiger charge is -2.16. The van der Waals surface area contributed by atoms with Crippen molar-refractivity contribution in [2.75, 3.05) is 0 Å². The monoisotopic (exact) mass is 696 g/mol. The van der Waals surface area contributed by atoms with Crippen LogP contribution in [0.4, 0.5) is 0 Å². The molecule has 3 heteroatoms. The Morgan fingerprint density at radius 3 is 0.759 bits per heavy atom. The predicted molar refractivity (Wildman–Crippen MR) is 225 cm³/mol. The molecule has 0 atom stereocenters. The molecule has 0 radical (unpaired) electrons. The summed E-state index contributed by atoms with van der Waals surface area (Å²) in [6.45, 7) is 0. The van der Waals surface area contributed by atoms with Gasteiger partial charge in [0.2, 0.25) is 0 Å². The van der Waals surface area contributed by atoms with Crippen molar-refractivity contribution in [3.8, 4) is 33.4 Å². The average molecular weight is 697 g/mol. The molecular formula is C51H36O3. The predicted octanol–water partition coefficient (Wildman–Crippen LogP) is 12.6. The third-order valence-corrected chi connectivity index (χ3v) is 9.33. The molecule has 0 spiro atoms. The van der Waals surface area contributed by atoms with E-state index in [0.717, 1.165) is 85.6 Å². The molecule has 0 unspecified atom stereocenters. The van der Waals surface area contributed by atoms with Crippen molar-refractivity contribution in [3.05, 3.63) is 214 Å². The summed E-state index contributed by atoms with van der Waals surface area (Å²) in [6.07, 6.45) is 15.1. The van der Waals surface area contributed by atoms with Crippen LogP contribution >= 0.6 is 0 Å². The number of hydrogen-bond donors (Lipinski definition) is 0. The second kappa shape index (κ2) is 16.9. The van der Waals surface area contributed by atoms with E-state index in [2.05, 4.69) is 109 Å². The summed E-state index contributed by atoms with van der Waals surface area (Å²) in [5, 5.41) is 0. The first-order valence-corrected chi connectivity index (χ1v) is 17.7. The van der Waals surface area contributed by atoms with E-state index < -0.39 is 0 Å². The average Bonchev–Trinajstić information content (AvgIpc) is 3.25. The first kappa shape index (κ1) is 35.2. The van der Waals surface area contributed by atoms with Crippen LogP contribution < -0.4 is 0 Å². The Balaban J connectivity index is 1.35.